The van der Waals surface area contributed by atoms with Crippen LogP contribution in [0, 0.1) is 0 Å². The molecule has 0 radical (unpaired) electrons. The Bertz CT molecular complexity index is 111. The zero-order valence-electron chi connectivity index (χ0n) is 7.12. The fraction of sp³-hybridized carbons (Fsp3) is 0.857. The van der Waals surface area contributed by atoms with Crippen molar-refractivity contribution in [1.29, 1.82) is 0 Å². The maximum atomic E-state index is 10.4. The largest absolute Gasteiger partial charge is 0.508 e. The van der Waals surface area contributed by atoms with Crippen LogP contribution in [0.15, 0.2) is 0 Å². The number of methoxy groups -OCH3 is 1. The first kappa shape index (κ1) is 10.2. The number of carbonyl (C=O) groups excluding carboxylic acids is 1. The zero-order valence-corrected chi connectivity index (χ0v) is 7.12. The van der Waals surface area contributed by atoms with E-state index in [0.29, 0.717) is 6.61 Å². The summed E-state index contributed by atoms with van der Waals surface area (Å²) in [6, 6.07) is 0. The van der Waals surface area contributed by atoms with E-state index in [1.807, 2.05) is 13.8 Å². The van der Waals surface area contributed by atoms with Gasteiger partial charge in [-0.3, -0.25) is 0 Å². The van der Waals surface area contributed by atoms with Gasteiger partial charge in [0.1, 0.15) is 6.61 Å². The fourth-order valence-electron chi connectivity index (χ4n) is 0.468. The molecule has 0 aliphatic rings. The predicted octanol–water partition coefficient (Wildman–Crippen LogP) is 1.19. The quantitative estimate of drug-likeness (QED) is 0.460. The van der Waals surface area contributed by atoms with Crippen molar-refractivity contribution >= 4 is 6.16 Å². The second-order valence-electron chi connectivity index (χ2n) is 2.22. The number of rotatable bonds is 4. The Morgan fingerprint density at radius 2 is 2.00 bits per heavy atom. The lowest BCUT2D eigenvalue weighted by Crippen LogP contribution is -2.13. The van der Waals surface area contributed by atoms with Crippen molar-refractivity contribution < 1.29 is 19.0 Å². The predicted molar refractivity (Wildman–Crippen MR) is 39.4 cm³/mol. The molecule has 0 saturated carbocycles. The van der Waals surface area contributed by atoms with Crippen LogP contribution < -0.4 is 0 Å². The molecule has 0 atom stereocenters. The third-order valence-corrected chi connectivity index (χ3v) is 0.921. The summed E-state index contributed by atoms with van der Waals surface area (Å²) >= 11 is 0. The van der Waals surface area contributed by atoms with E-state index in [1.54, 1.807) is 0 Å². The van der Waals surface area contributed by atoms with Crippen molar-refractivity contribution in [3.8, 4) is 0 Å². The van der Waals surface area contributed by atoms with Crippen molar-refractivity contribution in [1.82, 2.24) is 0 Å². The fourth-order valence-corrected chi connectivity index (χ4v) is 0.468. The monoisotopic (exact) mass is 162 g/mol. The van der Waals surface area contributed by atoms with Gasteiger partial charge in [0, 0.05) is 0 Å². The average molecular weight is 162 g/mol. The highest BCUT2D eigenvalue weighted by Gasteiger charge is 1.99. The molecule has 0 heterocycles. The van der Waals surface area contributed by atoms with Gasteiger partial charge in [-0.05, 0) is 13.8 Å². The maximum absolute atomic E-state index is 10.4. The molecule has 0 amide bonds. The van der Waals surface area contributed by atoms with Crippen LogP contribution in [0.3, 0.4) is 0 Å². The van der Waals surface area contributed by atoms with Crippen molar-refractivity contribution in [2.45, 2.75) is 20.0 Å². The lowest BCUT2D eigenvalue weighted by Gasteiger charge is -2.06. The summed E-state index contributed by atoms with van der Waals surface area (Å²) in [5.74, 6) is 0. The lowest BCUT2D eigenvalue weighted by molar-refractivity contribution is 0.0181. The van der Waals surface area contributed by atoms with E-state index in [9.17, 15) is 4.79 Å². The normalized spacial score (nSPS) is 9.82. The van der Waals surface area contributed by atoms with Gasteiger partial charge in [0.25, 0.3) is 0 Å². The molecule has 0 aromatic heterocycles. The molecule has 0 saturated heterocycles. The summed E-state index contributed by atoms with van der Waals surface area (Å²) in [6.45, 7) is 4.48. The summed E-state index contributed by atoms with van der Waals surface area (Å²) in [4.78, 5) is 10.4. The van der Waals surface area contributed by atoms with E-state index in [4.69, 9.17) is 4.74 Å². The van der Waals surface area contributed by atoms with Gasteiger partial charge in [-0.15, -0.1) is 0 Å². The summed E-state index contributed by atoms with van der Waals surface area (Å²) in [6.07, 6.45) is -0.506. The van der Waals surface area contributed by atoms with Gasteiger partial charge in [0.05, 0.1) is 19.8 Å². The van der Waals surface area contributed by atoms with E-state index in [1.165, 1.54) is 7.11 Å². The summed E-state index contributed by atoms with van der Waals surface area (Å²) in [7, 11) is 1.27. The van der Waals surface area contributed by atoms with Crippen LogP contribution in [-0.4, -0.2) is 32.6 Å². The Morgan fingerprint density at radius 3 is 2.45 bits per heavy atom. The molecule has 0 bridgehead atoms. The van der Waals surface area contributed by atoms with Crippen molar-refractivity contribution in [3.63, 3.8) is 0 Å². The van der Waals surface area contributed by atoms with Gasteiger partial charge in [0.15, 0.2) is 0 Å². The topological polar surface area (TPSA) is 44.8 Å². The van der Waals surface area contributed by atoms with Gasteiger partial charge in [-0.1, -0.05) is 0 Å². The first-order chi connectivity index (χ1) is 5.16. The van der Waals surface area contributed by atoms with E-state index in [2.05, 4.69) is 9.47 Å². The molecule has 11 heavy (non-hydrogen) atoms. The number of hydrogen-bond acceptors (Lipinski definition) is 4. The van der Waals surface area contributed by atoms with Crippen molar-refractivity contribution in [2.24, 2.45) is 0 Å². The van der Waals surface area contributed by atoms with Crippen LogP contribution in [-0.2, 0) is 14.2 Å². The SMILES string of the molecule is COC(=O)OCCOC(C)C. The molecule has 0 N–H and O–H groups in total. The third-order valence-electron chi connectivity index (χ3n) is 0.921. The molecule has 0 aromatic carbocycles. The molecule has 0 aliphatic carbocycles. The van der Waals surface area contributed by atoms with E-state index >= 15 is 0 Å². The van der Waals surface area contributed by atoms with Crippen LogP contribution in [0.5, 0.6) is 0 Å². The molecule has 66 valence electrons. The molecule has 4 nitrogen and oxygen atoms in total. The van der Waals surface area contributed by atoms with Crippen LogP contribution in [0.4, 0.5) is 4.79 Å². The smallest absolute Gasteiger partial charge is 0.438 e. The lowest BCUT2D eigenvalue weighted by atomic mass is 10.5. The summed E-state index contributed by atoms with van der Waals surface area (Å²) in [5, 5.41) is 0. The minimum atomic E-state index is -0.669. The van der Waals surface area contributed by atoms with Crippen LogP contribution in [0.2, 0.25) is 0 Å². The Balaban J connectivity index is 3.08. The first-order valence-electron chi connectivity index (χ1n) is 3.49. The van der Waals surface area contributed by atoms with Gasteiger partial charge in [-0.25, -0.2) is 4.79 Å². The summed E-state index contributed by atoms with van der Waals surface area (Å²) in [5.41, 5.74) is 0. The Labute approximate surface area is 66.4 Å². The molecule has 0 aromatic rings. The molecule has 4 heteroatoms. The highest BCUT2D eigenvalue weighted by atomic mass is 16.7. The maximum Gasteiger partial charge on any atom is 0.508 e. The minimum Gasteiger partial charge on any atom is -0.438 e. The van der Waals surface area contributed by atoms with Crippen LogP contribution in [0.1, 0.15) is 13.8 Å². The second kappa shape index (κ2) is 5.97. The molecule has 0 rings (SSSR count). The highest BCUT2D eigenvalue weighted by Crippen LogP contribution is 1.88. The molecule has 0 spiro atoms. The Hall–Kier alpha value is -0.770. The molecular weight excluding hydrogens is 148 g/mol. The zero-order chi connectivity index (χ0) is 8.69. The highest BCUT2D eigenvalue weighted by molar-refractivity contribution is 5.59. The van der Waals surface area contributed by atoms with Gasteiger partial charge < -0.3 is 14.2 Å². The second-order valence-corrected chi connectivity index (χ2v) is 2.22. The first-order valence-corrected chi connectivity index (χ1v) is 3.49. The van der Waals surface area contributed by atoms with Crippen LogP contribution >= 0.6 is 0 Å². The number of hydrogen-bond donors (Lipinski definition) is 0. The van der Waals surface area contributed by atoms with Gasteiger partial charge in [0.2, 0.25) is 0 Å². The van der Waals surface area contributed by atoms with E-state index in [-0.39, 0.29) is 12.7 Å². The van der Waals surface area contributed by atoms with Crippen LogP contribution in [0.25, 0.3) is 0 Å². The van der Waals surface area contributed by atoms with Gasteiger partial charge in [-0.2, -0.15) is 0 Å². The van der Waals surface area contributed by atoms with E-state index < -0.39 is 6.16 Å². The summed E-state index contributed by atoms with van der Waals surface area (Å²) < 4.78 is 13.9. The Kier molecular flexibility index (Phi) is 5.56. The molecule has 0 unspecified atom stereocenters. The Morgan fingerprint density at radius 1 is 1.36 bits per heavy atom. The number of ether oxygens (including phenoxy) is 3. The molecular formula is C7H14O4. The third kappa shape index (κ3) is 7.12. The van der Waals surface area contributed by atoms with Gasteiger partial charge >= 0.3 is 6.16 Å². The minimum absolute atomic E-state index is 0.163. The van der Waals surface area contributed by atoms with E-state index in [0.717, 1.165) is 0 Å². The van der Waals surface area contributed by atoms with Crippen molar-refractivity contribution in [2.75, 3.05) is 20.3 Å². The molecule has 0 fully saturated rings. The average Bonchev–Trinajstić information content (AvgIpc) is 1.97. The van der Waals surface area contributed by atoms with Crippen molar-refractivity contribution in [3.05, 3.63) is 0 Å². The molecule has 0 aliphatic heterocycles. The number of carbonyl (C=O) groups is 1. The standard InChI is InChI=1S/C7H14O4/c1-6(2)10-4-5-11-7(8)9-3/h6H,4-5H2,1-3H3.